The number of nitrogens with zero attached hydrogens (tertiary/aromatic N) is 2. The van der Waals surface area contributed by atoms with Crippen LogP contribution in [0.2, 0.25) is 0 Å². The average molecular weight is 266 g/mol. The molecule has 2 aromatic heterocycles. The summed E-state index contributed by atoms with van der Waals surface area (Å²) < 4.78 is 4.69. The molecular formula is C11H14N4O2S. The monoisotopic (exact) mass is 266 g/mol. The topological polar surface area (TPSA) is 79.9 Å². The van der Waals surface area contributed by atoms with Crippen molar-refractivity contribution in [2.45, 2.75) is 19.9 Å². The van der Waals surface area contributed by atoms with Crippen LogP contribution >= 0.6 is 11.3 Å². The van der Waals surface area contributed by atoms with E-state index in [4.69, 9.17) is 4.74 Å². The molecule has 6 nitrogen and oxygen atoms in total. The number of rotatable bonds is 4. The van der Waals surface area contributed by atoms with Crippen LogP contribution in [0.4, 0.5) is 5.13 Å². The van der Waals surface area contributed by atoms with Gasteiger partial charge in [0.15, 0.2) is 5.13 Å². The molecule has 1 atom stereocenters. The number of esters is 1. The molecule has 1 unspecified atom stereocenters. The van der Waals surface area contributed by atoms with E-state index in [1.165, 1.54) is 18.4 Å². The Hall–Kier alpha value is -1.89. The predicted octanol–water partition coefficient (Wildman–Crippen LogP) is 2.13. The van der Waals surface area contributed by atoms with Gasteiger partial charge in [-0.3, -0.25) is 0 Å². The molecule has 2 rings (SSSR count). The molecule has 2 aromatic rings. The molecule has 18 heavy (non-hydrogen) atoms. The van der Waals surface area contributed by atoms with Crippen LogP contribution in [-0.4, -0.2) is 28.0 Å². The lowest BCUT2D eigenvalue weighted by Gasteiger charge is -2.09. The quantitative estimate of drug-likeness (QED) is 0.829. The summed E-state index contributed by atoms with van der Waals surface area (Å²) in [6.45, 7) is 3.75. The summed E-state index contributed by atoms with van der Waals surface area (Å²) in [4.78, 5) is 23.5. The van der Waals surface area contributed by atoms with Gasteiger partial charge in [0.2, 0.25) is 0 Å². The normalized spacial score (nSPS) is 12.2. The number of imidazole rings is 1. The second-order valence-electron chi connectivity index (χ2n) is 3.77. The highest BCUT2D eigenvalue weighted by Crippen LogP contribution is 2.26. The van der Waals surface area contributed by atoms with Gasteiger partial charge in [-0.2, -0.15) is 0 Å². The summed E-state index contributed by atoms with van der Waals surface area (Å²) in [6.07, 6.45) is 3.46. The maximum absolute atomic E-state index is 11.5. The van der Waals surface area contributed by atoms with Crippen LogP contribution in [-0.2, 0) is 4.74 Å². The predicted molar refractivity (Wildman–Crippen MR) is 68.8 cm³/mol. The van der Waals surface area contributed by atoms with Gasteiger partial charge in [0.25, 0.3) is 0 Å². The minimum absolute atomic E-state index is 0.00366. The van der Waals surface area contributed by atoms with Crippen LogP contribution in [0.25, 0.3) is 0 Å². The number of thiazole rings is 1. The largest absolute Gasteiger partial charge is 0.465 e. The number of aryl methyl sites for hydroxylation is 1. The van der Waals surface area contributed by atoms with Gasteiger partial charge < -0.3 is 15.0 Å². The molecule has 0 aliphatic heterocycles. The van der Waals surface area contributed by atoms with Crippen molar-refractivity contribution in [2.75, 3.05) is 12.4 Å². The Morgan fingerprint density at radius 1 is 1.61 bits per heavy atom. The summed E-state index contributed by atoms with van der Waals surface area (Å²) in [7, 11) is 1.36. The van der Waals surface area contributed by atoms with Gasteiger partial charge in [-0.25, -0.2) is 14.8 Å². The highest BCUT2D eigenvalue weighted by molar-refractivity contribution is 7.17. The third kappa shape index (κ3) is 2.51. The number of anilines is 1. The number of ether oxygens (including phenoxy) is 1. The van der Waals surface area contributed by atoms with Crippen molar-refractivity contribution in [3.63, 3.8) is 0 Å². The fourth-order valence-corrected chi connectivity index (χ4v) is 2.48. The van der Waals surface area contributed by atoms with Crippen LogP contribution in [0.1, 0.15) is 34.2 Å². The zero-order valence-corrected chi connectivity index (χ0v) is 11.2. The van der Waals surface area contributed by atoms with Gasteiger partial charge in [0.1, 0.15) is 10.7 Å². The maximum Gasteiger partial charge on any atom is 0.350 e. The molecule has 0 saturated carbocycles. The summed E-state index contributed by atoms with van der Waals surface area (Å²) in [5.41, 5.74) is 0.668. The minimum Gasteiger partial charge on any atom is -0.465 e. The van der Waals surface area contributed by atoms with E-state index in [-0.39, 0.29) is 12.0 Å². The zero-order chi connectivity index (χ0) is 13.1. The number of nitrogens with one attached hydrogen (secondary N) is 2. The molecule has 0 aliphatic carbocycles. The van der Waals surface area contributed by atoms with E-state index in [1.54, 1.807) is 19.3 Å². The van der Waals surface area contributed by atoms with Gasteiger partial charge in [0, 0.05) is 12.4 Å². The first kappa shape index (κ1) is 12.6. The number of carbonyl (C=O) groups is 1. The molecule has 2 heterocycles. The number of carbonyl (C=O) groups excluding carboxylic acids is 1. The van der Waals surface area contributed by atoms with Crippen LogP contribution in [0, 0.1) is 6.92 Å². The van der Waals surface area contributed by atoms with Gasteiger partial charge in [-0.05, 0) is 13.8 Å². The smallest absolute Gasteiger partial charge is 0.350 e. The second-order valence-corrected chi connectivity index (χ2v) is 4.76. The van der Waals surface area contributed by atoms with Gasteiger partial charge in [0.05, 0.1) is 18.8 Å². The lowest BCUT2D eigenvalue weighted by atomic mass is 10.3. The molecule has 0 spiro atoms. The van der Waals surface area contributed by atoms with Crippen molar-refractivity contribution < 1.29 is 9.53 Å². The second kappa shape index (κ2) is 5.18. The van der Waals surface area contributed by atoms with E-state index in [9.17, 15) is 4.79 Å². The van der Waals surface area contributed by atoms with E-state index in [0.29, 0.717) is 15.7 Å². The highest BCUT2D eigenvalue weighted by Gasteiger charge is 2.17. The Morgan fingerprint density at radius 2 is 2.39 bits per heavy atom. The van der Waals surface area contributed by atoms with Gasteiger partial charge in [-0.15, -0.1) is 0 Å². The number of methoxy groups -OCH3 is 1. The van der Waals surface area contributed by atoms with Crippen LogP contribution in [0.3, 0.4) is 0 Å². The molecule has 0 aromatic carbocycles. The minimum atomic E-state index is -0.358. The van der Waals surface area contributed by atoms with Crippen molar-refractivity contribution in [3.8, 4) is 0 Å². The van der Waals surface area contributed by atoms with Crippen molar-refractivity contribution in [3.05, 3.63) is 28.8 Å². The zero-order valence-electron chi connectivity index (χ0n) is 10.4. The van der Waals surface area contributed by atoms with E-state index in [1.807, 2.05) is 6.92 Å². The van der Waals surface area contributed by atoms with E-state index >= 15 is 0 Å². The average Bonchev–Trinajstić information content (AvgIpc) is 2.97. The number of hydrogen-bond donors (Lipinski definition) is 2. The Balaban J connectivity index is 2.13. The fourth-order valence-electron chi connectivity index (χ4n) is 1.51. The van der Waals surface area contributed by atoms with Crippen molar-refractivity contribution in [2.24, 2.45) is 0 Å². The van der Waals surface area contributed by atoms with Crippen LogP contribution in [0.5, 0.6) is 0 Å². The van der Waals surface area contributed by atoms with Crippen LogP contribution < -0.4 is 5.32 Å². The molecule has 0 aliphatic rings. The summed E-state index contributed by atoms with van der Waals surface area (Å²) in [6, 6.07) is -0.00366. The third-order valence-corrected chi connectivity index (χ3v) is 3.51. The first-order valence-corrected chi connectivity index (χ1v) is 6.25. The molecule has 0 saturated heterocycles. The van der Waals surface area contributed by atoms with E-state index < -0.39 is 0 Å². The van der Waals surface area contributed by atoms with Crippen molar-refractivity contribution in [1.82, 2.24) is 15.0 Å². The molecule has 7 heteroatoms. The highest BCUT2D eigenvalue weighted by atomic mass is 32.1. The van der Waals surface area contributed by atoms with Gasteiger partial charge in [-0.1, -0.05) is 11.3 Å². The molecule has 0 fully saturated rings. The first-order valence-electron chi connectivity index (χ1n) is 5.43. The number of hydrogen-bond acceptors (Lipinski definition) is 6. The number of aromatic amines is 1. The Kier molecular flexibility index (Phi) is 3.61. The standard InChI is InChI=1S/C11H14N4O2S/c1-6-8(10(16)17-3)18-11(14-6)15-7(2)9-12-4-5-13-9/h4-5,7H,1-3H3,(H,12,13)(H,14,15). The lowest BCUT2D eigenvalue weighted by molar-refractivity contribution is 0.0605. The molecular weight excluding hydrogens is 252 g/mol. The van der Waals surface area contributed by atoms with E-state index in [0.717, 1.165) is 5.82 Å². The molecule has 0 bridgehead atoms. The Bertz CT molecular complexity index is 535. The summed E-state index contributed by atoms with van der Waals surface area (Å²) >= 11 is 1.28. The van der Waals surface area contributed by atoms with Crippen molar-refractivity contribution >= 4 is 22.4 Å². The Labute approximate surface area is 108 Å². The van der Waals surface area contributed by atoms with Gasteiger partial charge >= 0.3 is 5.97 Å². The van der Waals surface area contributed by atoms with E-state index in [2.05, 4.69) is 20.3 Å². The molecule has 0 radical (unpaired) electrons. The van der Waals surface area contributed by atoms with Crippen molar-refractivity contribution in [1.29, 1.82) is 0 Å². The molecule has 96 valence electrons. The molecule has 0 amide bonds. The first-order chi connectivity index (χ1) is 8.61. The summed E-state index contributed by atoms with van der Waals surface area (Å²) in [5, 5.41) is 3.87. The summed E-state index contributed by atoms with van der Waals surface area (Å²) in [5.74, 6) is 0.464. The van der Waals surface area contributed by atoms with Crippen LogP contribution in [0.15, 0.2) is 12.4 Å². The third-order valence-electron chi connectivity index (χ3n) is 2.44. The Morgan fingerprint density at radius 3 is 3.00 bits per heavy atom. The fraction of sp³-hybridized carbons (Fsp3) is 0.364. The maximum atomic E-state index is 11.5. The number of aromatic nitrogens is 3. The lowest BCUT2D eigenvalue weighted by Crippen LogP contribution is -2.07. The molecule has 2 N–H and O–H groups in total. The SMILES string of the molecule is COC(=O)c1sc(NC(C)c2ncc[nH]2)nc1C. The number of H-pyrrole nitrogens is 1.